The molecule has 1 spiro atoms. The van der Waals surface area contributed by atoms with Gasteiger partial charge in [-0.2, -0.15) is 0 Å². The number of carbonyl (C=O) groups excluding carboxylic acids is 1. The quantitative estimate of drug-likeness (QED) is 0.761. The Morgan fingerprint density at radius 1 is 0.933 bits per heavy atom. The number of nitrogens with zero attached hydrogens (tertiary/aromatic N) is 4. The summed E-state index contributed by atoms with van der Waals surface area (Å²) < 4.78 is 16.6. The number of carbonyl (C=O) groups is 1. The number of fused-ring (bicyclic) bond motifs is 1. The Morgan fingerprint density at radius 2 is 1.63 bits per heavy atom. The number of benzene rings is 1. The molecule has 1 aromatic carbocycles. The molecule has 2 aliphatic rings. The number of aromatic nitrogens is 2. The van der Waals surface area contributed by atoms with Crippen LogP contribution in [0, 0.1) is 5.41 Å². The highest BCUT2D eigenvalue weighted by atomic mass is 16.5. The molecule has 4 rings (SSSR count). The minimum Gasteiger partial charge on any atom is -0.493 e. The van der Waals surface area contributed by atoms with Gasteiger partial charge in [-0.15, -0.1) is 0 Å². The van der Waals surface area contributed by atoms with Crippen molar-refractivity contribution in [3.63, 3.8) is 0 Å². The van der Waals surface area contributed by atoms with Crippen molar-refractivity contribution in [2.45, 2.75) is 32.1 Å². The number of methoxy groups -OCH3 is 3. The third kappa shape index (κ3) is 3.48. The normalized spacial score (nSPS) is 19.1. The van der Waals surface area contributed by atoms with Gasteiger partial charge >= 0.3 is 0 Å². The van der Waals surface area contributed by atoms with E-state index in [1.54, 1.807) is 27.7 Å². The molecule has 162 valence electrons. The van der Waals surface area contributed by atoms with Crippen molar-refractivity contribution in [2.75, 3.05) is 52.9 Å². The average Bonchev–Trinajstić information content (AvgIpc) is 2.92. The number of hydrogen-bond donors (Lipinski definition) is 0. The Kier molecular flexibility index (Phi) is 5.58. The second kappa shape index (κ2) is 8.16. The van der Waals surface area contributed by atoms with Gasteiger partial charge < -0.3 is 24.0 Å². The molecule has 2 saturated heterocycles. The van der Waals surface area contributed by atoms with Gasteiger partial charge in [0.05, 0.1) is 26.7 Å². The molecule has 30 heavy (non-hydrogen) atoms. The fraction of sp³-hybridized carbons (Fsp3) is 0.591. The number of hydrogen-bond acceptors (Lipinski definition) is 7. The largest absolute Gasteiger partial charge is 0.493 e. The van der Waals surface area contributed by atoms with Gasteiger partial charge in [0.15, 0.2) is 11.5 Å². The molecule has 2 aliphatic heterocycles. The second-order valence-corrected chi connectivity index (χ2v) is 8.29. The Labute approximate surface area is 177 Å². The summed E-state index contributed by atoms with van der Waals surface area (Å²) in [5, 5.41) is 0.888. The topological polar surface area (TPSA) is 77.0 Å². The van der Waals surface area contributed by atoms with Gasteiger partial charge in [0, 0.05) is 33.1 Å². The van der Waals surface area contributed by atoms with E-state index in [1.165, 1.54) is 0 Å². The van der Waals surface area contributed by atoms with Crippen molar-refractivity contribution in [1.29, 1.82) is 0 Å². The predicted octanol–water partition coefficient (Wildman–Crippen LogP) is 2.88. The molecule has 0 unspecified atom stereocenters. The van der Waals surface area contributed by atoms with Gasteiger partial charge in [0.25, 0.3) is 0 Å². The zero-order valence-corrected chi connectivity index (χ0v) is 18.2. The molecular formula is C22H30N4O4. The highest BCUT2D eigenvalue weighted by molar-refractivity contribution is 5.97. The molecule has 0 radical (unpaired) electrons. The SMILES string of the molecule is COc1cc2c(N3CCC4(CCC(=O)N(C)CC4)CC3)ncnc2c(OC)c1OC. The van der Waals surface area contributed by atoms with Crippen molar-refractivity contribution in [1.82, 2.24) is 14.9 Å². The van der Waals surface area contributed by atoms with Crippen LogP contribution in [0.2, 0.25) is 0 Å². The van der Waals surface area contributed by atoms with E-state index in [2.05, 4.69) is 14.9 Å². The molecule has 8 nitrogen and oxygen atoms in total. The number of ether oxygens (including phenoxy) is 3. The van der Waals surface area contributed by atoms with E-state index >= 15 is 0 Å². The van der Waals surface area contributed by atoms with Crippen LogP contribution in [-0.4, -0.2) is 68.8 Å². The Bertz CT molecular complexity index is 940. The first kappa shape index (κ1) is 20.5. The molecule has 0 N–H and O–H groups in total. The van der Waals surface area contributed by atoms with Crippen molar-refractivity contribution >= 4 is 22.6 Å². The number of piperidine rings is 1. The molecule has 2 fully saturated rings. The van der Waals surface area contributed by atoms with Crippen LogP contribution < -0.4 is 19.1 Å². The minimum absolute atomic E-state index is 0.248. The summed E-state index contributed by atoms with van der Waals surface area (Å²) in [5.41, 5.74) is 0.959. The van der Waals surface area contributed by atoms with Gasteiger partial charge in [-0.05, 0) is 37.2 Å². The maximum Gasteiger partial charge on any atom is 0.222 e. The molecule has 2 aromatic rings. The molecule has 3 heterocycles. The zero-order chi connectivity index (χ0) is 21.3. The van der Waals surface area contributed by atoms with Crippen LogP contribution in [0.5, 0.6) is 17.2 Å². The van der Waals surface area contributed by atoms with E-state index in [1.807, 2.05) is 18.0 Å². The third-order valence-corrected chi connectivity index (χ3v) is 6.81. The van der Waals surface area contributed by atoms with Gasteiger partial charge in [-0.25, -0.2) is 9.97 Å². The molecule has 0 aliphatic carbocycles. The van der Waals surface area contributed by atoms with Crippen LogP contribution in [0.3, 0.4) is 0 Å². The summed E-state index contributed by atoms with van der Waals surface area (Å²) >= 11 is 0. The Hall–Kier alpha value is -2.77. The van der Waals surface area contributed by atoms with Crippen molar-refractivity contribution in [2.24, 2.45) is 5.41 Å². The lowest BCUT2D eigenvalue weighted by molar-refractivity contribution is -0.129. The van der Waals surface area contributed by atoms with Gasteiger partial charge in [-0.1, -0.05) is 0 Å². The van der Waals surface area contributed by atoms with Crippen LogP contribution >= 0.6 is 0 Å². The standard InChI is InChI=1S/C22H30N4O4/c1-25-10-7-22(6-5-17(25)27)8-11-26(12-9-22)21-15-13-16(28-2)19(29-3)20(30-4)18(15)23-14-24-21/h13-14H,5-12H2,1-4H3. The van der Waals surface area contributed by atoms with E-state index in [0.29, 0.717) is 29.2 Å². The first-order chi connectivity index (χ1) is 14.5. The second-order valence-electron chi connectivity index (χ2n) is 8.29. The predicted molar refractivity (Wildman–Crippen MR) is 115 cm³/mol. The highest BCUT2D eigenvalue weighted by Gasteiger charge is 2.38. The van der Waals surface area contributed by atoms with E-state index in [4.69, 9.17) is 14.2 Å². The van der Waals surface area contributed by atoms with E-state index in [9.17, 15) is 4.79 Å². The fourth-order valence-electron chi connectivity index (χ4n) is 4.81. The number of likely N-dealkylation sites (tertiary alicyclic amines) is 1. The highest BCUT2D eigenvalue weighted by Crippen LogP contribution is 2.46. The number of anilines is 1. The molecule has 0 atom stereocenters. The molecular weight excluding hydrogens is 384 g/mol. The molecule has 8 heteroatoms. The summed E-state index contributed by atoms with van der Waals surface area (Å²) in [6.07, 6.45) is 6.41. The van der Waals surface area contributed by atoms with Crippen LogP contribution in [-0.2, 0) is 4.79 Å². The van der Waals surface area contributed by atoms with Crippen molar-refractivity contribution < 1.29 is 19.0 Å². The average molecular weight is 415 g/mol. The lowest BCUT2D eigenvalue weighted by atomic mass is 9.73. The van der Waals surface area contributed by atoms with Crippen molar-refractivity contribution in [3.05, 3.63) is 12.4 Å². The van der Waals surface area contributed by atoms with Crippen LogP contribution in [0.25, 0.3) is 10.9 Å². The Morgan fingerprint density at radius 3 is 2.30 bits per heavy atom. The van der Waals surface area contributed by atoms with Crippen molar-refractivity contribution in [3.8, 4) is 17.2 Å². The Balaban J connectivity index is 1.64. The summed E-state index contributed by atoms with van der Waals surface area (Å²) in [4.78, 5) is 25.4. The van der Waals surface area contributed by atoms with Crippen LogP contribution in [0.4, 0.5) is 5.82 Å². The number of amides is 1. The van der Waals surface area contributed by atoms with E-state index < -0.39 is 0 Å². The maximum absolute atomic E-state index is 12.1. The lowest BCUT2D eigenvalue weighted by Crippen LogP contribution is -2.41. The van der Waals surface area contributed by atoms with E-state index in [-0.39, 0.29) is 11.3 Å². The summed E-state index contributed by atoms with van der Waals surface area (Å²) in [6, 6.07) is 1.93. The summed E-state index contributed by atoms with van der Waals surface area (Å²) in [6.45, 7) is 2.66. The van der Waals surface area contributed by atoms with E-state index in [0.717, 1.165) is 56.5 Å². The van der Waals surface area contributed by atoms with Crippen LogP contribution in [0.1, 0.15) is 32.1 Å². The lowest BCUT2D eigenvalue weighted by Gasteiger charge is -2.42. The summed E-state index contributed by atoms with van der Waals surface area (Å²) in [7, 11) is 6.72. The van der Waals surface area contributed by atoms with Gasteiger partial charge in [0.2, 0.25) is 11.7 Å². The first-order valence-corrected chi connectivity index (χ1v) is 10.4. The third-order valence-electron chi connectivity index (χ3n) is 6.81. The minimum atomic E-state index is 0.248. The molecule has 0 bridgehead atoms. The van der Waals surface area contributed by atoms with Gasteiger partial charge in [-0.3, -0.25) is 4.79 Å². The van der Waals surface area contributed by atoms with Crippen LogP contribution in [0.15, 0.2) is 12.4 Å². The monoisotopic (exact) mass is 414 g/mol. The van der Waals surface area contributed by atoms with Gasteiger partial charge in [0.1, 0.15) is 17.7 Å². The molecule has 1 aromatic heterocycles. The zero-order valence-electron chi connectivity index (χ0n) is 18.2. The molecule has 1 amide bonds. The summed E-state index contributed by atoms with van der Waals surface area (Å²) in [5.74, 6) is 2.83. The molecule has 0 saturated carbocycles. The maximum atomic E-state index is 12.1. The smallest absolute Gasteiger partial charge is 0.222 e. The first-order valence-electron chi connectivity index (χ1n) is 10.4. The number of rotatable bonds is 4. The fourth-order valence-corrected chi connectivity index (χ4v) is 4.81.